The molecule has 29 heavy (non-hydrogen) atoms. The number of hydrogen-bond acceptors (Lipinski definition) is 7. The number of aromatic nitrogens is 4. The number of ether oxygens (including phenoxy) is 1. The van der Waals surface area contributed by atoms with Crippen molar-refractivity contribution in [3.63, 3.8) is 0 Å². The molecule has 1 aromatic heterocycles. The lowest BCUT2D eigenvalue weighted by Gasteiger charge is -2.09. The summed E-state index contributed by atoms with van der Waals surface area (Å²) in [6.07, 6.45) is 1.38. The number of carbonyl (C=O) groups excluding carboxylic acids is 3. The van der Waals surface area contributed by atoms with E-state index in [9.17, 15) is 14.4 Å². The second-order valence-electron chi connectivity index (χ2n) is 6.18. The summed E-state index contributed by atoms with van der Waals surface area (Å²) in [5, 5.41) is 15.4. The largest absolute Gasteiger partial charge is 0.452 e. The number of benzene rings is 2. The Morgan fingerprint density at radius 1 is 1.07 bits per heavy atom. The first-order valence-electron chi connectivity index (χ1n) is 8.61. The van der Waals surface area contributed by atoms with Crippen LogP contribution in [-0.2, 0) is 9.53 Å². The van der Waals surface area contributed by atoms with Gasteiger partial charge in [-0.05, 0) is 65.7 Å². The van der Waals surface area contributed by atoms with Crippen LogP contribution >= 0.6 is 0 Å². The summed E-state index contributed by atoms with van der Waals surface area (Å²) in [7, 11) is 0. The number of hydrogen-bond donors (Lipinski definition) is 2. The molecule has 148 valence electrons. The highest BCUT2D eigenvalue weighted by Gasteiger charge is 2.14. The molecule has 0 saturated heterocycles. The van der Waals surface area contributed by atoms with E-state index in [4.69, 9.17) is 4.74 Å². The molecule has 3 amide bonds. The van der Waals surface area contributed by atoms with Crippen molar-refractivity contribution >= 4 is 23.6 Å². The first-order chi connectivity index (χ1) is 13.9. The van der Waals surface area contributed by atoms with Gasteiger partial charge in [0.2, 0.25) is 0 Å². The zero-order valence-corrected chi connectivity index (χ0v) is 15.7. The molecular weight excluding hydrogens is 376 g/mol. The van der Waals surface area contributed by atoms with Gasteiger partial charge in [-0.15, -0.1) is 5.10 Å². The second kappa shape index (κ2) is 8.74. The Bertz CT molecular complexity index is 1050. The van der Waals surface area contributed by atoms with Crippen molar-refractivity contribution in [2.24, 2.45) is 0 Å². The Hall–Kier alpha value is -4.08. The Balaban J connectivity index is 1.51. The molecule has 0 radical (unpaired) electrons. The Morgan fingerprint density at radius 2 is 1.90 bits per heavy atom. The number of esters is 1. The summed E-state index contributed by atoms with van der Waals surface area (Å²) in [5.74, 6) is -1.47. The van der Waals surface area contributed by atoms with Crippen LogP contribution in [0.3, 0.4) is 0 Å². The summed E-state index contributed by atoms with van der Waals surface area (Å²) in [4.78, 5) is 35.9. The molecule has 0 saturated carbocycles. The van der Waals surface area contributed by atoms with Crippen molar-refractivity contribution in [1.29, 1.82) is 0 Å². The minimum absolute atomic E-state index is 0.213. The predicted molar refractivity (Wildman–Crippen MR) is 103 cm³/mol. The fraction of sp³-hybridized carbons (Fsp3) is 0.158. The van der Waals surface area contributed by atoms with Crippen LogP contribution in [0.4, 0.5) is 10.5 Å². The molecule has 2 aromatic carbocycles. The van der Waals surface area contributed by atoms with E-state index in [-0.39, 0.29) is 5.56 Å². The van der Waals surface area contributed by atoms with E-state index >= 15 is 0 Å². The average Bonchev–Trinajstić information content (AvgIpc) is 3.24. The number of urea groups is 1. The van der Waals surface area contributed by atoms with Crippen molar-refractivity contribution in [2.45, 2.75) is 13.8 Å². The van der Waals surface area contributed by atoms with Crippen LogP contribution in [0.5, 0.6) is 0 Å². The van der Waals surface area contributed by atoms with Crippen molar-refractivity contribution in [3.05, 3.63) is 65.5 Å². The fourth-order valence-corrected chi connectivity index (χ4v) is 2.41. The molecule has 0 fully saturated rings. The van der Waals surface area contributed by atoms with Gasteiger partial charge in [0.25, 0.3) is 5.91 Å². The number of aryl methyl sites for hydroxylation is 2. The van der Waals surface area contributed by atoms with E-state index in [1.165, 1.54) is 23.1 Å². The Morgan fingerprint density at radius 3 is 2.62 bits per heavy atom. The zero-order chi connectivity index (χ0) is 20.8. The van der Waals surface area contributed by atoms with Crippen molar-refractivity contribution < 1.29 is 19.1 Å². The van der Waals surface area contributed by atoms with Crippen LogP contribution in [0.15, 0.2) is 48.8 Å². The van der Waals surface area contributed by atoms with Crippen molar-refractivity contribution in [1.82, 2.24) is 25.5 Å². The molecule has 0 spiro atoms. The van der Waals surface area contributed by atoms with E-state index < -0.39 is 24.5 Å². The molecular formula is C19H18N6O4. The summed E-state index contributed by atoms with van der Waals surface area (Å²) >= 11 is 0. The monoisotopic (exact) mass is 394 g/mol. The van der Waals surface area contributed by atoms with Gasteiger partial charge in [-0.2, -0.15) is 0 Å². The minimum Gasteiger partial charge on any atom is -0.452 e. The normalized spacial score (nSPS) is 10.3. The van der Waals surface area contributed by atoms with E-state index in [0.29, 0.717) is 11.4 Å². The number of rotatable bonds is 5. The average molecular weight is 394 g/mol. The molecule has 10 nitrogen and oxygen atoms in total. The standard InChI is InChI=1S/C19H18N6O4/c1-12-6-7-15(8-13(12)2)21-19(28)22-17(26)10-29-18(27)14-4-3-5-16(9-14)25-11-20-23-24-25/h3-9,11H,10H2,1-2H3,(H2,21,22,26,28). The maximum atomic E-state index is 12.2. The lowest BCUT2D eigenvalue weighted by atomic mass is 10.1. The zero-order valence-electron chi connectivity index (χ0n) is 15.7. The third kappa shape index (κ3) is 5.22. The van der Waals surface area contributed by atoms with E-state index in [2.05, 4.69) is 26.2 Å². The minimum atomic E-state index is -0.753. The van der Waals surface area contributed by atoms with Crippen LogP contribution < -0.4 is 10.6 Å². The third-order valence-electron chi connectivity index (χ3n) is 4.05. The molecule has 1 heterocycles. The van der Waals surface area contributed by atoms with E-state index in [1.54, 1.807) is 24.3 Å². The molecule has 2 N–H and O–H groups in total. The van der Waals surface area contributed by atoms with Crippen LogP contribution in [0.1, 0.15) is 21.5 Å². The first-order valence-corrected chi connectivity index (χ1v) is 8.61. The molecule has 3 aromatic rings. The lowest BCUT2D eigenvalue weighted by Crippen LogP contribution is -2.37. The topological polar surface area (TPSA) is 128 Å². The number of anilines is 1. The molecule has 0 unspecified atom stereocenters. The van der Waals surface area contributed by atoms with Gasteiger partial charge >= 0.3 is 12.0 Å². The van der Waals surface area contributed by atoms with Gasteiger partial charge in [-0.3, -0.25) is 10.1 Å². The maximum absolute atomic E-state index is 12.2. The van der Waals surface area contributed by atoms with Gasteiger partial charge < -0.3 is 10.1 Å². The fourth-order valence-electron chi connectivity index (χ4n) is 2.41. The Labute approximate surface area is 165 Å². The number of nitrogens with one attached hydrogen (secondary N) is 2. The molecule has 0 aliphatic heterocycles. The molecule has 0 atom stereocenters. The van der Waals surface area contributed by atoms with Crippen LogP contribution in [-0.4, -0.2) is 44.7 Å². The summed E-state index contributed by atoms with van der Waals surface area (Å²) in [6, 6.07) is 11.0. The number of imide groups is 1. The van der Waals surface area contributed by atoms with Gasteiger partial charge in [-0.1, -0.05) is 12.1 Å². The summed E-state index contributed by atoms with van der Waals surface area (Å²) in [6.45, 7) is 3.27. The lowest BCUT2D eigenvalue weighted by molar-refractivity contribution is -0.123. The van der Waals surface area contributed by atoms with Gasteiger partial charge in [0, 0.05) is 5.69 Å². The number of tetrazole rings is 1. The summed E-state index contributed by atoms with van der Waals surface area (Å²) < 4.78 is 6.33. The molecule has 3 rings (SSSR count). The van der Waals surface area contributed by atoms with Gasteiger partial charge in [0.15, 0.2) is 6.61 Å². The van der Waals surface area contributed by atoms with Gasteiger partial charge in [-0.25, -0.2) is 14.3 Å². The SMILES string of the molecule is Cc1ccc(NC(=O)NC(=O)COC(=O)c2cccc(-n3cnnn3)c2)cc1C. The van der Waals surface area contributed by atoms with Crippen molar-refractivity contribution in [3.8, 4) is 5.69 Å². The highest BCUT2D eigenvalue weighted by atomic mass is 16.5. The quantitative estimate of drug-likeness (QED) is 0.631. The smallest absolute Gasteiger partial charge is 0.338 e. The van der Waals surface area contributed by atoms with Gasteiger partial charge in [0.1, 0.15) is 6.33 Å². The van der Waals surface area contributed by atoms with Gasteiger partial charge in [0.05, 0.1) is 11.3 Å². The number of carbonyl (C=O) groups is 3. The highest BCUT2D eigenvalue weighted by molar-refractivity contribution is 6.02. The maximum Gasteiger partial charge on any atom is 0.338 e. The van der Waals surface area contributed by atoms with E-state index in [1.807, 2.05) is 19.9 Å². The van der Waals surface area contributed by atoms with Crippen LogP contribution in [0.2, 0.25) is 0 Å². The molecule has 0 aliphatic rings. The third-order valence-corrected chi connectivity index (χ3v) is 4.05. The van der Waals surface area contributed by atoms with Crippen LogP contribution in [0, 0.1) is 13.8 Å². The second-order valence-corrected chi connectivity index (χ2v) is 6.18. The summed E-state index contributed by atoms with van der Waals surface area (Å²) in [5.41, 5.74) is 3.41. The Kier molecular flexibility index (Phi) is 5.93. The van der Waals surface area contributed by atoms with Crippen LogP contribution in [0.25, 0.3) is 5.69 Å². The first kappa shape index (κ1) is 19.7. The molecule has 10 heteroatoms. The number of amides is 3. The highest BCUT2D eigenvalue weighted by Crippen LogP contribution is 2.14. The molecule has 0 aliphatic carbocycles. The number of nitrogens with zero attached hydrogens (tertiary/aromatic N) is 4. The van der Waals surface area contributed by atoms with Crippen molar-refractivity contribution in [2.75, 3.05) is 11.9 Å². The molecule has 0 bridgehead atoms. The predicted octanol–water partition coefficient (Wildman–Crippen LogP) is 1.78. The van der Waals surface area contributed by atoms with E-state index in [0.717, 1.165) is 11.1 Å².